The summed E-state index contributed by atoms with van der Waals surface area (Å²) in [4.78, 5) is 14.7. The summed E-state index contributed by atoms with van der Waals surface area (Å²) in [6.07, 6.45) is 0.234. The minimum Gasteiger partial charge on any atom is -0.395 e. The first-order valence-electron chi connectivity index (χ1n) is 10.8. The Balaban J connectivity index is 1.70. The Kier molecular flexibility index (Phi) is 10.1. The maximum Gasteiger partial charge on any atom is 0.275 e. The highest BCUT2D eigenvalue weighted by molar-refractivity contribution is 5.55. The molecule has 0 aromatic heterocycles. The SMILES string of the molecule is CN(C)Cc1ccc(NCCCCCCN2C[C@H](O)[C@@H](O)[C@H](O)[C@H]2CO)cc1[N+](=O)[O-]. The third-order valence-electron chi connectivity index (χ3n) is 5.69. The van der Waals surface area contributed by atoms with Gasteiger partial charge in [0.25, 0.3) is 5.69 Å². The normalized spacial score (nSPS) is 24.5. The number of unbranched alkanes of at least 4 members (excludes halogenated alkanes) is 3. The molecule has 31 heavy (non-hydrogen) atoms. The molecule has 10 heteroatoms. The number of likely N-dealkylation sites (tertiary alicyclic amines) is 1. The van der Waals surface area contributed by atoms with Crippen LogP contribution >= 0.6 is 0 Å². The smallest absolute Gasteiger partial charge is 0.275 e. The van der Waals surface area contributed by atoms with Crippen molar-refractivity contribution in [3.05, 3.63) is 33.9 Å². The highest BCUT2D eigenvalue weighted by Crippen LogP contribution is 2.24. The van der Waals surface area contributed by atoms with Crippen LogP contribution in [0.2, 0.25) is 0 Å². The van der Waals surface area contributed by atoms with Gasteiger partial charge in [-0.25, -0.2) is 0 Å². The third-order valence-corrected chi connectivity index (χ3v) is 5.69. The zero-order valence-electron chi connectivity index (χ0n) is 18.4. The van der Waals surface area contributed by atoms with Crippen LogP contribution in [-0.2, 0) is 6.54 Å². The standard InChI is InChI=1S/C21H36N4O6/c1-23(2)12-15-7-8-16(11-17(15)25(30)31)22-9-5-3-4-6-10-24-13-19(27)21(29)20(28)18(24)14-26/h7-8,11,18-22,26-29H,3-6,9-10,12-14H2,1-2H3/t18-,19+,20-,21-/m1/s1. The molecule has 0 amide bonds. The lowest BCUT2D eigenvalue weighted by Gasteiger charge is -2.43. The van der Waals surface area contributed by atoms with Gasteiger partial charge in [-0.05, 0) is 45.6 Å². The molecular weight excluding hydrogens is 404 g/mol. The van der Waals surface area contributed by atoms with E-state index in [1.54, 1.807) is 12.1 Å². The summed E-state index contributed by atoms with van der Waals surface area (Å²) >= 11 is 0. The summed E-state index contributed by atoms with van der Waals surface area (Å²) < 4.78 is 0. The molecule has 1 aromatic rings. The van der Waals surface area contributed by atoms with E-state index in [0.29, 0.717) is 25.2 Å². The Morgan fingerprint density at radius 1 is 1.16 bits per heavy atom. The van der Waals surface area contributed by atoms with Crippen molar-refractivity contribution >= 4 is 11.4 Å². The van der Waals surface area contributed by atoms with Gasteiger partial charge < -0.3 is 30.6 Å². The van der Waals surface area contributed by atoms with Crippen LogP contribution in [0.1, 0.15) is 31.2 Å². The number of piperidine rings is 1. The number of nitro benzene ring substituents is 1. The van der Waals surface area contributed by atoms with Gasteiger partial charge in [0.05, 0.1) is 23.7 Å². The van der Waals surface area contributed by atoms with Crippen LogP contribution < -0.4 is 5.32 Å². The number of benzene rings is 1. The number of nitro groups is 1. The molecule has 1 heterocycles. The van der Waals surface area contributed by atoms with Gasteiger partial charge in [0, 0.05) is 37.0 Å². The molecule has 4 atom stereocenters. The number of rotatable bonds is 12. The maximum atomic E-state index is 11.3. The zero-order valence-corrected chi connectivity index (χ0v) is 18.4. The number of nitrogens with zero attached hydrogens (tertiary/aromatic N) is 3. The second-order valence-corrected chi connectivity index (χ2v) is 8.47. The Morgan fingerprint density at radius 2 is 1.87 bits per heavy atom. The monoisotopic (exact) mass is 440 g/mol. The molecule has 1 fully saturated rings. The third kappa shape index (κ3) is 7.37. The largest absolute Gasteiger partial charge is 0.395 e. The van der Waals surface area contributed by atoms with Gasteiger partial charge in [0.15, 0.2) is 0 Å². The van der Waals surface area contributed by atoms with Crippen LogP contribution in [0.4, 0.5) is 11.4 Å². The van der Waals surface area contributed by atoms with Crippen LogP contribution in [0, 0.1) is 10.1 Å². The molecule has 176 valence electrons. The summed E-state index contributed by atoms with van der Waals surface area (Å²) in [5.74, 6) is 0. The molecule has 5 N–H and O–H groups in total. The van der Waals surface area contributed by atoms with Crippen molar-refractivity contribution in [3.63, 3.8) is 0 Å². The van der Waals surface area contributed by atoms with Gasteiger partial charge in [-0.1, -0.05) is 12.8 Å². The Morgan fingerprint density at radius 3 is 2.52 bits per heavy atom. The van der Waals surface area contributed by atoms with E-state index in [1.165, 1.54) is 0 Å². The number of hydrogen-bond acceptors (Lipinski definition) is 9. The van der Waals surface area contributed by atoms with E-state index >= 15 is 0 Å². The van der Waals surface area contributed by atoms with Crippen molar-refractivity contribution in [1.29, 1.82) is 0 Å². The second kappa shape index (κ2) is 12.3. The highest BCUT2D eigenvalue weighted by atomic mass is 16.6. The first-order chi connectivity index (χ1) is 14.7. The molecular formula is C21H36N4O6. The van der Waals surface area contributed by atoms with Crippen LogP contribution in [0.5, 0.6) is 0 Å². The van der Waals surface area contributed by atoms with Crippen molar-refractivity contribution in [1.82, 2.24) is 9.80 Å². The van der Waals surface area contributed by atoms with Gasteiger partial charge in [-0.2, -0.15) is 0 Å². The quantitative estimate of drug-likeness (QED) is 0.177. The van der Waals surface area contributed by atoms with Crippen molar-refractivity contribution in [3.8, 4) is 0 Å². The molecule has 0 spiro atoms. The molecule has 0 radical (unpaired) electrons. The van der Waals surface area contributed by atoms with E-state index in [4.69, 9.17) is 0 Å². The first kappa shape index (κ1) is 25.4. The number of β-amino-alcohol motifs (C(OH)–C–C–N with tert-alkyl or cyclic N) is 1. The van der Waals surface area contributed by atoms with Crippen LogP contribution in [0.15, 0.2) is 18.2 Å². The molecule has 1 saturated heterocycles. The fraction of sp³-hybridized carbons (Fsp3) is 0.714. The fourth-order valence-electron chi connectivity index (χ4n) is 3.98. The van der Waals surface area contributed by atoms with Crippen molar-refractivity contribution in [2.45, 2.75) is 56.6 Å². The Bertz CT molecular complexity index is 704. The Labute approximate surface area is 183 Å². The predicted molar refractivity (Wildman–Crippen MR) is 118 cm³/mol. The molecule has 1 aromatic carbocycles. The van der Waals surface area contributed by atoms with Crippen LogP contribution in [0.25, 0.3) is 0 Å². The molecule has 0 saturated carbocycles. The van der Waals surface area contributed by atoms with E-state index in [1.807, 2.05) is 30.0 Å². The lowest BCUT2D eigenvalue weighted by atomic mass is 9.94. The second-order valence-electron chi connectivity index (χ2n) is 8.47. The molecule has 0 aliphatic carbocycles. The summed E-state index contributed by atoms with van der Waals surface area (Å²) in [6.45, 7) is 1.80. The van der Waals surface area contributed by atoms with Gasteiger partial charge >= 0.3 is 0 Å². The van der Waals surface area contributed by atoms with Gasteiger partial charge in [0.2, 0.25) is 0 Å². The number of nitrogens with one attached hydrogen (secondary N) is 1. The summed E-state index contributed by atoms with van der Waals surface area (Å²) in [6, 6.07) is 4.67. The summed E-state index contributed by atoms with van der Waals surface area (Å²) in [7, 11) is 3.75. The summed E-state index contributed by atoms with van der Waals surface area (Å²) in [5, 5.41) is 53.6. The van der Waals surface area contributed by atoms with E-state index < -0.39 is 24.4 Å². The van der Waals surface area contributed by atoms with E-state index in [-0.39, 0.29) is 23.8 Å². The average Bonchev–Trinajstić information content (AvgIpc) is 2.71. The molecule has 0 unspecified atom stereocenters. The summed E-state index contributed by atoms with van der Waals surface area (Å²) in [5.41, 5.74) is 1.53. The lowest BCUT2D eigenvalue weighted by molar-refractivity contribution is -0.385. The van der Waals surface area contributed by atoms with Crippen LogP contribution in [0.3, 0.4) is 0 Å². The maximum absolute atomic E-state index is 11.3. The Hall–Kier alpha value is -1.82. The van der Waals surface area contributed by atoms with Gasteiger partial charge in [-0.15, -0.1) is 0 Å². The van der Waals surface area contributed by atoms with E-state index in [9.17, 15) is 30.5 Å². The fourth-order valence-corrected chi connectivity index (χ4v) is 3.98. The van der Waals surface area contributed by atoms with Crippen molar-refractivity contribution in [2.75, 3.05) is 45.7 Å². The number of aliphatic hydroxyl groups excluding tert-OH is 4. The molecule has 2 rings (SSSR count). The van der Waals surface area contributed by atoms with Crippen LogP contribution in [-0.4, -0.2) is 99.8 Å². The minimum atomic E-state index is -1.23. The van der Waals surface area contributed by atoms with Crippen molar-refractivity contribution < 1.29 is 25.3 Å². The highest BCUT2D eigenvalue weighted by Gasteiger charge is 2.40. The predicted octanol–water partition coefficient (Wildman–Crippen LogP) is 0.388. The van der Waals surface area contributed by atoms with Gasteiger partial charge in [0.1, 0.15) is 12.2 Å². The van der Waals surface area contributed by atoms with E-state index in [0.717, 1.165) is 31.4 Å². The minimum absolute atomic E-state index is 0.119. The number of aliphatic hydroxyl groups is 4. The van der Waals surface area contributed by atoms with E-state index in [2.05, 4.69) is 5.32 Å². The molecule has 1 aliphatic rings. The number of hydrogen-bond donors (Lipinski definition) is 5. The molecule has 10 nitrogen and oxygen atoms in total. The molecule has 1 aliphatic heterocycles. The van der Waals surface area contributed by atoms with Gasteiger partial charge in [-0.3, -0.25) is 15.0 Å². The first-order valence-corrected chi connectivity index (χ1v) is 10.8. The van der Waals surface area contributed by atoms with Crippen molar-refractivity contribution in [2.24, 2.45) is 0 Å². The molecule has 0 bridgehead atoms. The average molecular weight is 441 g/mol. The lowest BCUT2D eigenvalue weighted by Crippen LogP contribution is -2.62. The number of anilines is 1. The topological polar surface area (TPSA) is 143 Å². The zero-order chi connectivity index (χ0) is 23.0.